The number of carbonyl (C=O) groups excluding carboxylic acids is 3. The Hall–Kier alpha value is -2.48. The lowest BCUT2D eigenvalue weighted by molar-refractivity contribution is -0.155. The molecule has 2 saturated heterocycles. The van der Waals surface area contributed by atoms with Gasteiger partial charge in [-0.3, -0.25) is 14.4 Å². The molecule has 2 atom stereocenters. The minimum atomic E-state index is -0.496. The molecule has 3 fully saturated rings. The summed E-state index contributed by atoms with van der Waals surface area (Å²) in [6.45, 7) is 3.41. The third-order valence-electron chi connectivity index (χ3n) is 5.77. The Morgan fingerprint density at radius 2 is 1.36 bits per heavy atom. The molecule has 3 amide bonds. The summed E-state index contributed by atoms with van der Waals surface area (Å²) in [6, 6.07) is 6.32. The van der Waals surface area contributed by atoms with Crippen molar-refractivity contribution in [1.82, 2.24) is 14.7 Å². The lowest BCUT2D eigenvalue weighted by Gasteiger charge is -2.36. The van der Waals surface area contributed by atoms with Crippen LogP contribution in [0.15, 0.2) is 24.3 Å². The molecular formula is C20H24FN3O4. The van der Waals surface area contributed by atoms with Crippen LogP contribution in [0.2, 0.25) is 0 Å². The summed E-state index contributed by atoms with van der Waals surface area (Å²) in [5, 5.41) is 0. The van der Waals surface area contributed by atoms with Crippen LogP contribution >= 0.6 is 0 Å². The van der Waals surface area contributed by atoms with Crippen LogP contribution in [0.3, 0.4) is 0 Å². The molecule has 1 saturated carbocycles. The Labute approximate surface area is 163 Å². The SMILES string of the molecule is O=C(C(=O)N1CCN(C(=O)C2CC2c2ccc(F)cc2)CC1)N1CCOCC1. The normalized spacial score (nSPS) is 24.8. The molecule has 8 heteroatoms. The van der Waals surface area contributed by atoms with E-state index in [1.165, 1.54) is 21.9 Å². The average molecular weight is 389 g/mol. The van der Waals surface area contributed by atoms with Crippen molar-refractivity contribution in [3.05, 3.63) is 35.6 Å². The average Bonchev–Trinajstić information content (AvgIpc) is 3.54. The Balaban J connectivity index is 1.27. The van der Waals surface area contributed by atoms with Crippen LogP contribution in [-0.4, -0.2) is 84.9 Å². The minimum Gasteiger partial charge on any atom is -0.378 e. The van der Waals surface area contributed by atoms with Crippen LogP contribution in [0.25, 0.3) is 0 Å². The van der Waals surface area contributed by atoms with Gasteiger partial charge in [0, 0.05) is 45.2 Å². The number of ether oxygens (including phenoxy) is 1. The van der Waals surface area contributed by atoms with Crippen molar-refractivity contribution in [3.8, 4) is 0 Å². The highest BCUT2D eigenvalue weighted by molar-refractivity contribution is 6.34. The topological polar surface area (TPSA) is 70.2 Å². The van der Waals surface area contributed by atoms with Crippen LogP contribution in [0.5, 0.6) is 0 Å². The third kappa shape index (κ3) is 3.87. The molecule has 0 bridgehead atoms. The molecule has 1 aromatic carbocycles. The van der Waals surface area contributed by atoms with E-state index >= 15 is 0 Å². The Morgan fingerprint density at radius 3 is 1.96 bits per heavy atom. The van der Waals surface area contributed by atoms with Crippen LogP contribution in [0, 0.1) is 11.7 Å². The highest BCUT2D eigenvalue weighted by Gasteiger charge is 2.46. The van der Waals surface area contributed by atoms with E-state index in [0.717, 1.165) is 12.0 Å². The number of rotatable bonds is 2. The quantitative estimate of drug-likeness (QED) is 0.689. The van der Waals surface area contributed by atoms with E-state index in [2.05, 4.69) is 0 Å². The van der Waals surface area contributed by atoms with Gasteiger partial charge in [0.15, 0.2) is 0 Å². The van der Waals surface area contributed by atoms with Crippen LogP contribution < -0.4 is 0 Å². The Kier molecular flexibility index (Phi) is 5.30. The van der Waals surface area contributed by atoms with Gasteiger partial charge in [-0.1, -0.05) is 12.1 Å². The molecule has 1 aromatic rings. The summed E-state index contributed by atoms with van der Waals surface area (Å²) >= 11 is 0. The molecule has 2 unspecified atom stereocenters. The molecule has 2 aliphatic heterocycles. The molecule has 0 spiro atoms. The van der Waals surface area contributed by atoms with Gasteiger partial charge in [-0.2, -0.15) is 0 Å². The predicted octanol–water partition coefficient (Wildman–Crippen LogP) is 0.459. The van der Waals surface area contributed by atoms with Gasteiger partial charge in [-0.05, 0) is 30.0 Å². The van der Waals surface area contributed by atoms with Gasteiger partial charge in [0.25, 0.3) is 0 Å². The van der Waals surface area contributed by atoms with Crippen molar-refractivity contribution in [1.29, 1.82) is 0 Å². The van der Waals surface area contributed by atoms with Crippen LogP contribution in [0.1, 0.15) is 17.9 Å². The zero-order chi connectivity index (χ0) is 19.7. The summed E-state index contributed by atoms with van der Waals surface area (Å²) in [5.41, 5.74) is 0.990. The highest BCUT2D eigenvalue weighted by atomic mass is 19.1. The Bertz CT molecular complexity index is 755. The van der Waals surface area contributed by atoms with E-state index < -0.39 is 11.8 Å². The number of carbonyl (C=O) groups is 3. The number of morpholine rings is 1. The van der Waals surface area contributed by atoms with Gasteiger partial charge in [0.05, 0.1) is 13.2 Å². The van der Waals surface area contributed by atoms with Gasteiger partial charge in [-0.15, -0.1) is 0 Å². The summed E-state index contributed by atoms with van der Waals surface area (Å²) in [7, 11) is 0. The van der Waals surface area contributed by atoms with E-state index in [1.807, 2.05) is 0 Å². The molecule has 1 aliphatic carbocycles. The molecular weight excluding hydrogens is 365 g/mol. The number of hydrogen-bond donors (Lipinski definition) is 0. The lowest BCUT2D eigenvalue weighted by atomic mass is 10.1. The first-order valence-corrected chi connectivity index (χ1v) is 9.75. The molecule has 7 nitrogen and oxygen atoms in total. The molecule has 0 aromatic heterocycles. The molecule has 0 radical (unpaired) electrons. The van der Waals surface area contributed by atoms with Gasteiger partial charge in [0.2, 0.25) is 5.91 Å². The monoisotopic (exact) mass is 389 g/mol. The second kappa shape index (κ2) is 7.87. The first kappa shape index (κ1) is 18.9. The fourth-order valence-corrected chi connectivity index (χ4v) is 3.95. The highest BCUT2D eigenvalue weighted by Crippen LogP contribution is 2.48. The van der Waals surface area contributed by atoms with Crippen molar-refractivity contribution in [2.24, 2.45) is 5.92 Å². The number of benzene rings is 1. The van der Waals surface area contributed by atoms with E-state index in [-0.39, 0.29) is 23.6 Å². The largest absolute Gasteiger partial charge is 0.378 e. The predicted molar refractivity (Wildman–Crippen MR) is 97.8 cm³/mol. The van der Waals surface area contributed by atoms with E-state index in [9.17, 15) is 18.8 Å². The zero-order valence-corrected chi connectivity index (χ0v) is 15.7. The van der Waals surface area contributed by atoms with Gasteiger partial charge in [-0.25, -0.2) is 4.39 Å². The van der Waals surface area contributed by atoms with Crippen LogP contribution in [0.4, 0.5) is 4.39 Å². The van der Waals surface area contributed by atoms with E-state index in [4.69, 9.17) is 4.74 Å². The maximum atomic E-state index is 13.1. The third-order valence-corrected chi connectivity index (χ3v) is 5.77. The number of amides is 3. The summed E-state index contributed by atoms with van der Waals surface area (Å²) in [6.07, 6.45) is 0.777. The van der Waals surface area contributed by atoms with E-state index in [1.54, 1.807) is 17.0 Å². The molecule has 3 aliphatic rings. The molecule has 4 rings (SSSR count). The standard InChI is InChI=1S/C20H24FN3O4/c21-15-3-1-14(2-4-15)16-13-17(16)18(25)22-5-7-23(8-6-22)19(26)20(27)24-9-11-28-12-10-24/h1-4,16-17H,5-13H2. The Morgan fingerprint density at radius 1 is 0.821 bits per heavy atom. The summed E-state index contributed by atoms with van der Waals surface area (Å²) < 4.78 is 18.3. The number of nitrogens with zero attached hydrogens (tertiary/aromatic N) is 3. The number of hydrogen-bond acceptors (Lipinski definition) is 4. The first-order valence-electron chi connectivity index (χ1n) is 9.75. The molecule has 150 valence electrons. The maximum absolute atomic E-state index is 13.1. The summed E-state index contributed by atoms with van der Waals surface area (Å²) in [4.78, 5) is 42.3. The first-order chi connectivity index (χ1) is 13.5. The van der Waals surface area contributed by atoms with Gasteiger partial charge < -0.3 is 19.4 Å². The minimum absolute atomic E-state index is 0.0669. The summed E-state index contributed by atoms with van der Waals surface area (Å²) in [5.74, 6) is -1.09. The van der Waals surface area contributed by atoms with E-state index in [0.29, 0.717) is 52.5 Å². The number of piperazine rings is 1. The van der Waals surface area contributed by atoms with Crippen molar-refractivity contribution in [2.75, 3.05) is 52.5 Å². The second-order valence-electron chi connectivity index (χ2n) is 7.52. The van der Waals surface area contributed by atoms with Crippen molar-refractivity contribution in [3.63, 3.8) is 0 Å². The molecule has 2 heterocycles. The van der Waals surface area contributed by atoms with Crippen molar-refractivity contribution < 1.29 is 23.5 Å². The fourth-order valence-electron chi connectivity index (χ4n) is 3.95. The van der Waals surface area contributed by atoms with Gasteiger partial charge in [0.1, 0.15) is 5.82 Å². The fraction of sp³-hybridized carbons (Fsp3) is 0.550. The van der Waals surface area contributed by atoms with Gasteiger partial charge >= 0.3 is 11.8 Å². The zero-order valence-electron chi connectivity index (χ0n) is 15.7. The second-order valence-corrected chi connectivity index (χ2v) is 7.52. The lowest BCUT2D eigenvalue weighted by Crippen LogP contribution is -2.55. The molecule has 0 N–H and O–H groups in total. The molecule has 28 heavy (non-hydrogen) atoms. The van der Waals surface area contributed by atoms with Crippen LogP contribution in [-0.2, 0) is 19.1 Å². The smallest absolute Gasteiger partial charge is 0.312 e. The van der Waals surface area contributed by atoms with Crippen molar-refractivity contribution in [2.45, 2.75) is 12.3 Å². The van der Waals surface area contributed by atoms with Crippen molar-refractivity contribution >= 4 is 17.7 Å². The number of halogens is 1. The maximum Gasteiger partial charge on any atom is 0.312 e.